The van der Waals surface area contributed by atoms with E-state index in [-0.39, 0.29) is 12.5 Å². The van der Waals surface area contributed by atoms with Gasteiger partial charge >= 0.3 is 5.97 Å². The average molecular weight is 491 g/mol. The number of esters is 1. The van der Waals surface area contributed by atoms with Crippen LogP contribution in [-0.4, -0.2) is 23.5 Å². The first-order chi connectivity index (χ1) is 18.0. The Kier molecular flexibility index (Phi) is 7.13. The highest BCUT2D eigenvalue weighted by Crippen LogP contribution is 2.36. The number of fused-ring (bicyclic) bond motifs is 2. The number of hydrogen-bond acceptors (Lipinski definition) is 4. The number of aromatic nitrogens is 1. The summed E-state index contributed by atoms with van der Waals surface area (Å²) in [7, 11) is 0. The minimum Gasteiger partial charge on any atom is -0.452 e. The van der Waals surface area contributed by atoms with Gasteiger partial charge in [0.1, 0.15) is 0 Å². The number of nitrogens with zero attached hydrogens (tertiary/aromatic N) is 1. The van der Waals surface area contributed by atoms with E-state index in [0.29, 0.717) is 5.56 Å². The molecule has 0 fully saturated rings. The van der Waals surface area contributed by atoms with Crippen molar-refractivity contribution < 1.29 is 14.3 Å². The van der Waals surface area contributed by atoms with Crippen LogP contribution < -0.4 is 5.32 Å². The highest BCUT2D eigenvalue weighted by Gasteiger charge is 2.26. The van der Waals surface area contributed by atoms with E-state index in [0.717, 1.165) is 75.8 Å². The monoisotopic (exact) mass is 490 g/mol. The van der Waals surface area contributed by atoms with Gasteiger partial charge < -0.3 is 10.1 Å². The molecule has 0 radical (unpaired) electrons. The van der Waals surface area contributed by atoms with Crippen molar-refractivity contribution in [3.05, 3.63) is 106 Å². The predicted molar refractivity (Wildman–Crippen MR) is 148 cm³/mol. The molecule has 0 aliphatic heterocycles. The standard InChI is InChI=1S/C32H30N2O3/c1-3-23-14-9-11-21(2)30(23)34-28(35)20-37-32(36)29-25-16-7-8-18-27(25)33-31-24(15-10-17-26(29)31)19-22-12-5-4-6-13-22/h4-9,11-14,16,18-19H,3,10,15,17,20H2,1-2H3,(H,34,35)/b24-19-. The molecule has 0 atom stereocenters. The second-order valence-electron chi connectivity index (χ2n) is 9.35. The van der Waals surface area contributed by atoms with Crippen molar-refractivity contribution in [3.63, 3.8) is 0 Å². The number of amides is 1. The van der Waals surface area contributed by atoms with E-state index in [2.05, 4.69) is 23.5 Å². The van der Waals surface area contributed by atoms with E-state index < -0.39 is 5.97 Å². The Morgan fingerprint density at radius 1 is 0.973 bits per heavy atom. The number of aryl methyl sites for hydroxylation is 2. The molecule has 1 aliphatic carbocycles. The highest BCUT2D eigenvalue weighted by atomic mass is 16.5. The van der Waals surface area contributed by atoms with E-state index in [1.54, 1.807) is 0 Å². The number of carbonyl (C=O) groups excluding carboxylic acids is 2. The summed E-state index contributed by atoms with van der Waals surface area (Å²) >= 11 is 0. The average Bonchev–Trinajstić information content (AvgIpc) is 2.92. The maximum absolute atomic E-state index is 13.5. The summed E-state index contributed by atoms with van der Waals surface area (Å²) in [6, 6.07) is 23.7. The van der Waals surface area contributed by atoms with Crippen molar-refractivity contribution in [3.8, 4) is 0 Å². The molecule has 1 amide bonds. The number of anilines is 1. The Morgan fingerprint density at radius 2 is 1.76 bits per heavy atom. The maximum atomic E-state index is 13.5. The fourth-order valence-corrected chi connectivity index (χ4v) is 5.04. The van der Waals surface area contributed by atoms with Crippen molar-refractivity contribution in [2.45, 2.75) is 39.5 Å². The summed E-state index contributed by atoms with van der Waals surface area (Å²) in [5, 5.41) is 3.68. The first kappa shape index (κ1) is 24.4. The maximum Gasteiger partial charge on any atom is 0.339 e. The van der Waals surface area contributed by atoms with Gasteiger partial charge in [0.15, 0.2) is 6.61 Å². The number of rotatable bonds is 6. The molecular weight excluding hydrogens is 460 g/mol. The van der Waals surface area contributed by atoms with Gasteiger partial charge in [-0.25, -0.2) is 9.78 Å². The number of carbonyl (C=O) groups is 2. The minimum atomic E-state index is -0.494. The molecule has 0 unspecified atom stereocenters. The van der Waals surface area contributed by atoms with Crippen LogP contribution in [0.1, 0.15) is 58.1 Å². The van der Waals surface area contributed by atoms with Crippen molar-refractivity contribution >= 4 is 40.1 Å². The lowest BCUT2D eigenvalue weighted by Gasteiger charge is -2.22. The smallest absolute Gasteiger partial charge is 0.339 e. The van der Waals surface area contributed by atoms with Gasteiger partial charge in [0.2, 0.25) is 0 Å². The zero-order chi connectivity index (χ0) is 25.8. The first-order valence-corrected chi connectivity index (χ1v) is 12.8. The minimum absolute atomic E-state index is 0.353. The van der Waals surface area contributed by atoms with Crippen LogP contribution in [-0.2, 0) is 22.4 Å². The third-order valence-corrected chi connectivity index (χ3v) is 6.85. The SMILES string of the molecule is CCc1cccc(C)c1NC(=O)COC(=O)c1c2c(nc3ccccc13)/C(=C\c1ccccc1)CCC2. The van der Waals surface area contributed by atoms with Crippen molar-refractivity contribution in [1.29, 1.82) is 0 Å². The van der Waals surface area contributed by atoms with Gasteiger partial charge in [-0.2, -0.15) is 0 Å². The number of pyridine rings is 1. The topological polar surface area (TPSA) is 68.3 Å². The quantitative estimate of drug-likeness (QED) is 0.303. The summed E-state index contributed by atoms with van der Waals surface area (Å²) in [5.41, 5.74) is 8.01. The third kappa shape index (κ3) is 5.17. The van der Waals surface area contributed by atoms with E-state index in [1.165, 1.54) is 0 Å². The van der Waals surface area contributed by atoms with Crippen LogP contribution >= 0.6 is 0 Å². The van der Waals surface area contributed by atoms with Crippen molar-refractivity contribution in [2.24, 2.45) is 0 Å². The summed E-state index contributed by atoms with van der Waals surface area (Å²) in [5.74, 6) is -0.847. The molecule has 5 heteroatoms. The second kappa shape index (κ2) is 10.8. The van der Waals surface area contributed by atoms with E-state index >= 15 is 0 Å². The lowest BCUT2D eigenvalue weighted by atomic mass is 9.86. The molecule has 1 N–H and O–H groups in total. The molecule has 37 heavy (non-hydrogen) atoms. The Labute approximate surface area is 217 Å². The van der Waals surface area contributed by atoms with Crippen LogP contribution in [0.3, 0.4) is 0 Å². The van der Waals surface area contributed by atoms with E-state index in [1.807, 2.05) is 74.5 Å². The normalized spacial score (nSPS) is 13.8. The Balaban J connectivity index is 1.45. The molecule has 3 aromatic carbocycles. The fraction of sp³-hybridized carbons (Fsp3) is 0.219. The molecule has 4 aromatic rings. The molecule has 1 aromatic heterocycles. The van der Waals surface area contributed by atoms with Gasteiger partial charge in [0, 0.05) is 11.1 Å². The molecule has 1 aliphatic rings. The van der Waals surface area contributed by atoms with Gasteiger partial charge in [-0.05, 0) is 72.6 Å². The number of allylic oxidation sites excluding steroid dienone is 1. The van der Waals surface area contributed by atoms with Gasteiger partial charge in [0.25, 0.3) is 5.91 Å². The zero-order valence-electron chi connectivity index (χ0n) is 21.2. The summed E-state index contributed by atoms with van der Waals surface area (Å²) in [6.07, 6.45) is 5.49. The van der Waals surface area contributed by atoms with Gasteiger partial charge in [-0.3, -0.25) is 4.79 Å². The summed E-state index contributed by atoms with van der Waals surface area (Å²) in [4.78, 5) is 31.2. The van der Waals surface area contributed by atoms with Crippen LogP contribution in [0.2, 0.25) is 0 Å². The van der Waals surface area contributed by atoms with Gasteiger partial charge in [-0.1, -0.05) is 73.7 Å². The fourth-order valence-electron chi connectivity index (χ4n) is 5.04. The molecular formula is C32H30N2O3. The lowest BCUT2D eigenvalue weighted by Crippen LogP contribution is -2.23. The lowest BCUT2D eigenvalue weighted by molar-refractivity contribution is -0.119. The number of hydrogen-bond donors (Lipinski definition) is 1. The first-order valence-electron chi connectivity index (χ1n) is 12.8. The van der Waals surface area contributed by atoms with Crippen LogP contribution in [0.4, 0.5) is 5.69 Å². The molecule has 0 saturated heterocycles. The third-order valence-electron chi connectivity index (χ3n) is 6.85. The molecule has 5 nitrogen and oxygen atoms in total. The van der Waals surface area contributed by atoms with Crippen LogP contribution in [0.25, 0.3) is 22.6 Å². The van der Waals surface area contributed by atoms with E-state index in [4.69, 9.17) is 9.72 Å². The number of ether oxygens (including phenoxy) is 1. The summed E-state index contributed by atoms with van der Waals surface area (Å²) in [6.45, 7) is 3.65. The second-order valence-corrected chi connectivity index (χ2v) is 9.35. The molecule has 1 heterocycles. The highest BCUT2D eigenvalue weighted by molar-refractivity contribution is 6.07. The van der Waals surface area contributed by atoms with Gasteiger partial charge in [-0.15, -0.1) is 0 Å². The summed E-state index contributed by atoms with van der Waals surface area (Å²) < 4.78 is 5.60. The van der Waals surface area contributed by atoms with Crippen molar-refractivity contribution in [2.75, 3.05) is 11.9 Å². The molecule has 5 rings (SSSR count). The van der Waals surface area contributed by atoms with Crippen LogP contribution in [0.15, 0.2) is 72.8 Å². The van der Waals surface area contributed by atoms with Crippen LogP contribution in [0, 0.1) is 6.92 Å². The number of nitrogens with one attached hydrogen (secondary N) is 1. The van der Waals surface area contributed by atoms with Crippen molar-refractivity contribution in [1.82, 2.24) is 4.98 Å². The Morgan fingerprint density at radius 3 is 2.57 bits per heavy atom. The largest absolute Gasteiger partial charge is 0.452 e. The zero-order valence-corrected chi connectivity index (χ0v) is 21.2. The number of benzene rings is 3. The number of para-hydroxylation sites is 2. The molecule has 186 valence electrons. The Hall–Kier alpha value is -4.25. The molecule has 0 bridgehead atoms. The molecule has 0 spiro atoms. The van der Waals surface area contributed by atoms with Crippen LogP contribution in [0.5, 0.6) is 0 Å². The Bertz CT molecular complexity index is 1510. The van der Waals surface area contributed by atoms with E-state index in [9.17, 15) is 9.59 Å². The van der Waals surface area contributed by atoms with Gasteiger partial charge in [0.05, 0.1) is 16.8 Å². The molecule has 0 saturated carbocycles. The predicted octanol–water partition coefficient (Wildman–Crippen LogP) is 6.78.